The molecule has 0 amide bonds. The lowest BCUT2D eigenvalue weighted by Gasteiger charge is -2.12. The van der Waals surface area contributed by atoms with Gasteiger partial charge < -0.3 is 5.32 Å². The number of rotatable bonds is 4. The highest BCUT2D eigenvalue weighted by molar-refractivity contribution is 5.13. The van der Waals surface area contributed by atoms with Gasteiger partial charge in [0.25, 0.3) is 0 Å². The number of aromatic amines is 1. The van der Waals surface area contributed by atoms with Crippen molar-refractivity contribution < 1.29 is 0 Å². The van der Waals surface area contributed by atoms with Gasteiger partial charge in [-0.2, -0.15) is 5.10 Å². The molecule has 0 fully saturated rings. The topological polar surface area (TPSA) is 53.6 Å². The molecule has 2 aromatic heterocycles. The van der Waals surface area contributed by atoms with E-state index in [1.807, 2.05) is 18.3 Å². The highest BCUT2D eigenvalue weighted by Gasteiger charge is 2.04. The first kappa shape index (κ1) is 9.86. The van der Waals surface area contributed by atoms with E-state index in [9.17, 15) is 0 Å². The first-order valence-corrected chi connectivity index (χ1v) is 4.98. The van der Waals surface area contributed by atoms with Crippen molar-refractivity contribution in [2.75, 3.05) is 0 Å². The molecule has 78 valence electrons. The predicted octanol–water partition coefficient (Wildman–Crippen LogP) is 1.66. The summed E-state index contributed by atoms with van der Waals surface area (Å²) in [4.78, 5) is 4.09. The average Bonchev–Trinajstić information content (AvgIpc) is 2.80. The number of hydrogen-bond donors (Lipinski definition) is 2. The van der Waals surface area contributed by atoms with Crippen molar-refractivity contribution in [3.8, 4) is 0 Å². The van der Waals surface area contributed by atoms with Crippen LogP contribution >= 0.6 is 0 Å². The Morgan fingerprint density at radius 3 is 3.00 bits per heavy atom. The van der Waals surface area contributed by atoms with Crippen LogP contribution < -0.4 is 5.32 Å². The first-order valence-electron chi connectivity index (χ1n) is 4.98. The zero-order valence-electron chi connectivity index (χ0n) is 8.64. The van der Waals surface area contributed by atoms with Crippen molar-refractivity contribution in [3.63, 3.8) is 0 Å². The van der Waals surface area contributed by atoms with Gasteiger partial charge in [-0.05, 0) is 24.6 Å². The first-order chi connectivity index (χ1) is 7.36. The average molecular weight is 202 g/mol. The fraction of sp³-hybridized carbons (Fsp3) is 0.273. The van der Waals surface area contributed by atoms with E-state index in [-0.39, 0.29) is 0 Å². The molecular weight excluding hydrogens is 188 g/mol. The van der Waals surface area contributed by atoms with Gasteiger partial charge >= 0.3 is 0 Å². The molecular formula is C11H14N4. The number of nitrogens with one attached hydrogen (secondary N) is 2. The van der Waals surface area contributed by atoms with Crippen LogP contribution in [0.4, 0.5) is 0 Å². The van der Waals surface area contributed by atoms with Gasteiger partial charge in [0.1, 0.15) is 0 Å². The van der Waals surface area contributed by atoms with E-state index in [0.29, 0.717) is 6.04 Å². The molecule has 2 N–H and O–H groups in total. The molecule has 0 saturated heterocycles. The zero-order chi connectivity index (χ0) is 10.5. The fourth-order valence-electron chi connectivity index (χ4n) is 1.40. The number of nitrogens with zero attached hydrogens (tertiary/aromatic N) is 2. The standard InChI is InChI=1S/C11H14N4/c1-9(10-3-2-5-12-7-10)13-8-11-4-6-14-15-11/h2-7,9,13H,8H2,1H3,(H,14,15). The van der Waals surface area contributed by atoms with E-state index in [1.54, 1.807) is 12.4 Å². The van der Waals surface area contributed by atoms with Crippen molar-refractivity contribution in [1.29, 1.82) is 0 Å². The maximum atomic E-state index is 4.09. The molecule has 2 rings (SSSR count). The van der Waals surface area contributed by atoms with Gasteiger partial charge in [0.05, 0.1) is 0 Å². The van der Waals surface area contributed by atoms with E-state index < -0.39 is 0 Å². The SMILES string of the molecule is CC(NCc1ccn[nH]1)c1cccnc1. The highest BCUT2D eigenvalue weighted by Crippen LogP contribution is 2.10. The molecule has 4 nitrogen and oxygen atoms in total. The Bertz CT molecular complexity index is 382. The molecule has 0 bridgehead atoms. The van der Waals surface area contributed by atoms with Crippen molar-refractivity contribution in [2.45, 2.75) is 19.5 Å². The van der Waals surface area contributed by atoms with Gasteiger partial charge in [-0.15, -0.1) is 0 Å². The minimum absolute atomic E-state index is 0.294. The summed E-state index contributed by atoms with van der Waals surface area (Å²) in [5, 5.41) is 10.2. The molecule has 0 spiro atoms. The molecule has 2 heterocycles. The molecule has 1 atom stereocenters. The van der Waals surface area contributed by atoms with Crippen LogP contribution in [-0.2, 0) is 6.54 Å². The van der Waals surface area contributed by atoms with Gasteiger partial charge in [0, 0.05) is 36.9 Å². The van der Waals surface area contributed by atoms with Gasteiger partial charge in [-0.1, -0.05) is 6.07 Å². The predicted molar refractivity (Wildman–Crippen MR) is 58.1 cm³/mol. The van der Waals surface area contributed by atoms with E-state index in [1.165, 1.54) is 5.56 Å². The van der Waals surface area contributed by atoms with Crippen molar-refractivity contribution in [1.82, 2.24) is 20.5 Å². The van der Waals surface area contributed by atoms with Crippen molar-refractivity contribution in [3.05, 3.63) is 48.0 Å². The van der Waals surface area contributed by atoms with Gasteiger partial charge in [0.2, 0.25) is 0 Å². The second kappa shape index (κ2) is 4.70. The Labute approximate surface area is 88.8 Å². The lowest BCUT2D eigenvalue weighted by Crippen LogP contribution is -2.18. The minimum Gasteiger partial charge on any atom is -0.305 e. The molecule has 1 unspecified atom stereocenters. The van der Waals surface area contributed by atoms with Crippen LogP contribution in [0.3, 0.4) is 0 Å². The normalized spacial score (nSPS) is 12.6. The van der Waals surface area contributed by atoms with Gasteiger partial charge in [-0.25, -0.2) is 0 Å². The lowest BCUT2D eigenvalue weighted by molar-refractivity contribution is 0.565. The second-order valence-corrected chi connectivity index (χ2v) is 3.47. The number of aromatic nitrogens is 3. The molecule has 0 saturated carbocycles. The summed E-state index contributed by atoms with van der Waals surface area (Å²) in [7, 11) is 0. The summed E-state index contributed by atoms with van der Waals surface area (Å²) in [5.41, 5.74) is 2.28. The van der Waals surface area contributed by atoms with Crippen LogP contribution in [0, 0.1) is 0 Å². The van der Waals surface area contributed by atoms with E-state index >= 15 is 0 Å². The summed E-state index contributed by atoms with van der Waals surface area (Å²) in [6.07, 6.45) is 5.42. The summed E-state index contributed by atoms with van der Waals surface area (Å²) in [6.45, 7) is 2.91. The van der Waals surface area contributed by atoms with Crippen LogP contribution in [0.1, 0.15) is 24.2 Å². The Hall–Kier alpha value is -1.68. The van der Waals surface area contributed by atoms with Crippen molar-refractivity contribution >= 4 is 0 Å². The van der Waals surface area contributed by atoms with E-state index in [0.717, 1.165) is 12.2 Å². The largest absolute Gasteiger partial charge is 0.305 e. The lowest BCUT2D eigenvalue weighted by atomic mass is 10.1. The van der Waals surface area contributed by atoms with Crippen LogP contribution in [0.2, 0.25) is 0 Å². The molecule has 0 aliphatic carbocycles. The summed E-state index contributed by atoms with van der Waals surface area (Å²) < 4.78 is 0. The van der Waals surface area contributed by atoms with Gasteiger partial charge in [0.15, 0.2) is 0 Å². The molecule has 0 aliphatic rings. The quantitative estimate of drug-likeness (QED) is 0.792. The maximum absolute atomic E-state index is 4.09. The third kappa shape index (κ3) is 2.63. The summed E-state index contributed by atoms with van der Waals surface area (Å²) in [6, 6.07) is 6.27. The number of pyridine rings is 1. The Kier molecular flexibility index (Phi) is 3.09. The number of H-pyrrole nitrogens is 1. The van der Waals surface area contributed by atoms with Crippen LogP contribution in [0.25, 0.3) is 0 Å². The minimum atomic E-state index is 0.294. The summed E-state index contributed by atoms with van der Waals surface area (Å²) in [5.74, 6) is 0. The molecule has 0 aliphatic heterocycles. The third-order valence-electron chi connectivity index (χ3n) is 2.34. The summed E-state index contributed by atoms with van der Waals surface area (Å²) >= 11 is 0. The molecule has 0 aromatic carbocycles. The van der Waals surface area contributed by atoms with E-state index in [4.69, 9.17) is 0 Å². The monoisotopic (exact) mass is 202 g/mol. The molecule has 15 heavy (non-hydrogen) atoms. The second-order valence-electron chi connectivity index (χ2n) is 3.47. The molecule has 4 heteroatoms. The van der Waals surface area contributed by atoms with Crippen LogP contribution in [-0.4, -0.2) is 15.2 Å². The smallest absolute Gasteiger partial charge is 0.0490 e. The van der Waals surface area contributed by atoms with E-state index in [2.05, 4.69) is 33.5 Å². The van der Waals surface area contributed by atoms with Crippen LogP contribution in [0.5, 0.6) is 0 Å². The Balaban J connectivity index is 1.90. The molecule has 2 aromatic rings. The highest BCUT2D eigenvalue weighted by atomic mass is 15.1. The zero-order valence-corrected chi connectivity index (χ0v) is 8.64. The Morgan fingerprint density at radius 2 is 2.33 bits per heavy atom. The number of hydrogen-bond acceptors (Lipinski definition) is 3. The fourth-order valence-corrected chi connectivity index (χ4v) is 1.40. The van der Waals surface area contributed by atoms with Crippen LogP contribution in [0.15, 0.2) is 36.8 Å². The maximum Gasteiger partial charge on any atom is 0.0490 e. The molecule has 0 radical (unpaired) electrons. The van der Waals surface area contributed by atoms with Gasteiger partial charge in [-0.3, -0.25) is 10.1 Å². The third-order valence-corrected chi connectivity index (χ3v) is 2.34. The Morgan fingerprint density at radius 1 is 1.40 bits per heavy atom. The van der Waals surface area contributed by atoms with Crippen molar-refractivity contribution in [2.24, 2.45) is 0 Å².